The van der Waals surface area contributed by atoms with E-state index < -0.39 is 15.6 Å². The van der Waals surface area contributed by atoms with E-state index in [2.05, 4.69) is 23.3 Å². The summed E-state index contributed by atoms with van der Waals surface area (Å²) >= 11 is 0. The lowest BCUT2D eigenvalue weighted by molar-refractivity contribution is -0.121. The van der Waals surface area contributed by atoms with E-state index in [1.54, 1.807) is 12.1 Å². The predicted molar refractivity (Wildman–Crippen MR) is 105 cm³/mol. The lowest BCUT2D eigenvalue weighted by atomic mass is 9.83. The van der Waals surface area contributed by atoms with Gasteiger partial charge in [0.1, 0.15) is 5.54 Å². The summed E-state index contributed by atoms with van der Waals surface area (Å²) in [7, 11) is -2.07. The molecule has 0 saturated heterocycles. The Morgan fingerprint density at radius 1 is 1.30 bits per heavy atom. The van der Waals surface area contributed by atoms with Crippen LogP contribution in [-0.2, 0) is 14.8 Å². The van der Waals surface area contributed by atoms with Gasteiger partial charge in [0.15, 0.2) is 0 Å². The molecule has 0 bridgehead atoms. The number of hydrogen-bond donors (Lipinski definition) is 2. The summed E-state index contributed by atoms with van der Waals surface area (Å²) in [6.07, 6.45) is 5.86. The van der Waals surface area contributed by atoms with Crippen LogP contribution in [0.5, 0.6) is 0 Å². The Morgan fingerprint density at radius 2 is 1.93 bits per heavy atom. The average Bonchev–Trinajstić information content (AvgIpc) is 2.67. The van der Waals surface area contributed by atoms with Crippen molar-refractivity contribution in [2.75, 3.05) is 25.5 Å². The third-order valence-corrected chi connectivity index (χ3v) is 6.54. The number of nitrogens with zero attached hydrogens (tertiary/aromatic N) is 2. The molecule has 1 amide bonds. The molecule has 27 heavy (non-hydrogen) atoms. The molecule has 0 spiro atoms. The number of nitrogens with one attached hydrogen (secondary N) is 2. The third kappa shape index (κ3) is 5.31. The zero-order chi connectivity index (χ0) is 19.9. The fourth-order valence-electron chi connectivity index (χ4n) is 3.12. The highest BCUT2D eigenvalue weighted by molar-refractivity contribution is 7.89. The van der Waals surface area contributed by atoms with Gasteiger partial charge in [-0.25, -0.2) is 8.42 Å². The van der Waals surface area contributed by atoms with E-state index in [9.17, 15) is 18.5 Å². The fourth-order valence-corrected chi connectivity index (χ4v) is 4.26. The molecule has 146 valence electrons. The van der Waals surface area contributed by atoms with E-state index in [0.717, 1.165) is 19.3 Å². The van der Waals surface area contributed by atoms with Crippen LogP contribution in [0.2, 0.25) is 0 Å². The van der Waals surface area contributed by atoms with Crippen LogP contribution in [0.25, 0.3) is 0 Å². The van der Waals surface area contributed by atoms with Crippen molar-refractivity contribution in [1.29, 1.82) is 5.26 Å². The molecular formula is C19H26N4O3S. The minimum absolute atomic E-state index is 0.0197. The van der Waals surface area contributed by atoms with Crippen molar-refractivity contribution in [3.8, 4) is 6.07 Å². The van der Waals surface area contributed by atoms with Gasteiger partial charge < -0.3 is 10.6 Å². The average molecular weight is 391 g/mol. The number of amides is 1. The first-order valence-corrected chi connectivity index (χ1v) is 10.4. The first-order chi connectivity index (χ1) is 12.8. The van der Waals surface area contributed by atoms with Crippen LogP contribution in [0.3, 0.4) is 0 Å². The van der Waals surface area contributed by atoms with Crippen LogP contribution >= 0.6 is 0 Å². The molecule has 2 N–H and O–H groups in total. The van der Waals surface area contributed by atoms with Gasteiger partial charge in [0.05, 0.1) is 17.5 Å². The van der Waals surface area contributed by atoms with Crippen molar-refractivity contribution < 1.29 is 13.2 Å². The van der Waals surface area contributed by atoms with Crippen molar-refractivity contribution in [2.24, 2.45) is 0 Å². The Hall–Kier alpha value is -2.37. The van der Waals surface area contributed by atoms with Crippen molar-refractivity contribution in [2.45, 2.75) is 42.5 Å². The van der Waals surface area contributed by atoms with Crippen LogP contribution in [0.15, 0.2) is 41.8 Å². The van der Waals surface area contributed by atoms with E-state index in [1.807, 2.05) is 0 Å². The van der Waals surface area contributed by atoms with Gasteiger partial charge in [-0.15, -0.1) is 6.58 Å². The molecule has 1 aliphatic rings. The lowest BCUT2D eigenvalue weighted by Crippen LogP contribution is -2.50. The molecule has 1 aromatic carbocycles. The van der Waals surface area contributed by atoms with Gasteiger partial charge in [-0.1, -0.05) is 25.3 Å². The molecule has 0 atom stereocenters. The first-order valence-electron chi connectivity index (χ1n) is 8.96. The minimum atomic E-state index is -3.56. The van der Waals surface area contributed by atoms with Crippen LogP contribution in [0.4, 0.5) is 5.69 Å². The number of hydrogen-bond acceptors (Lipinski definition) is 5. The zero-order valence-corrected chi connectivity index (χ0v) is 16.4. The van der Waals surface area contributed by atoms with Gasteiger partial charge >= 0.3 is 0 Å². The molecule has 0 aromatic heterocycles. The SMILES string of the molecule is C=CCN(C)S(=O)(=O)c1ccc(NCC(=O)NC2(C#N)CCCCC2)cc1. The van der Waals surface area contributed by atoms with Crippen molar-refractivity contribution in [3.05, 3.63) is 36.9 Å². The van der Waals surface area contributed by atoms with Gasteiger partial charge in [0, 0.05) is 19.3 Å². The second-order valence-corrected chi connectivity index (χ2v) is 8.80. The second kappa shape index (κ2) is 9.02. The summed E-state index contributed by atoms with van der Waals surface area (Å²) in [5.41, 5.74) is -0.129. The van der Waals surface area contributed by atoms with Crippen LogP contribution in [-0.4, -0.2) is 44.3 Å². The topological polar surface area (TPSA) is 102 Å². The number of benzene rings is 1. The van der Waals surface area contributed by atoms with Crippen LogP contribution in [0, 0.1) is 11.3 Å². The van der Waals surface area contributed by atoms with Crippen molar-refractivity contribution in [1.82, 2.24) is 9.62 Å². The highest BCUT2D eigenvalue weighted by atomic mass is 32.2. The van der Waals surface area contributed by atoms with E-state index in [0.29, 0.717) is 18.5 Å². The molecule has 2 rings (SSSR count). The number of carbonyl (C=O) groups is 1. The van der Waals surface area contributed by atoms with Crippen molar-refractivity contribution in [3.63, 3.8) is 0 Å². The van der Waals surface area contributed by atoms with Crippen LogP contribution in [0.1, 0.15) is 32.1 Å². The molecule has 8 heteroatoms. The second-order valence-electron chi connectivity index (χ2n) is 6.75. The molecule has 0 radical (unpaired) electrons. The largest absolute Gasteiger partial charge is 0.376 e. The summed E-state index contributed by atoms with van der Waals surface area (Å²) in [5.74, 6) is -0.249. The highest BCUT2D eigenvalue weighted by Gasteiger charge is 2.33. The Morgan fingerprint density at radius 3 is 2.48 bits per heavy atom. The lowest BCUT2D eigenvalue weighted by Gasteiger charge is -2.31. The zero-order valence-electron chi connectivity index (χ0n) is 15.6. The quantitative estimate of drug-likeness (QED) is 0.663. The first kappa shape index (κ1) is 20.9. The summed E-state index contributed by atoms with van der Waals surface area (Å²) in [5, 5.41) is 15.2. The van der Waals surface area contributed by atoms with Gasteiger partial charge in [-0.05, 0) is 37.1 Å². The number of anilines is 1. The van der Waals surface area contributed by atoms with E-state index in [4.69, 9.17) is 0 Å². The van der Waals surface area contributed by atoms with Gasteiger partial charge in [0.25, 0.3) is 0 Å². The Bertz CT molecular complexity index is 806. The maximum Gasteiger partial charge on any atom is 0.243 e. The standard InChI is InChI=1S/C19H26N4O3S/c1-3-13-23(2)27(25,26)17-9-7-16(8-10-17)21-14-18(24)22-19(15-20)11-5-4-6-12-19/h3,7-10,21H,1,4-6,11-14H2,2H3,(H,22,24). The summed E-state index contributed by atoms with van der Waals surface area (Å²) < 4.78 is 25.9. The molecule has 0 unspecified atom stereocenters. The molecule has 0 aliphatic heterocycles. The number of rotatable bonds is 8. The summed E-state index contributed by atoms with van der Waals surface area (Å²) in [6, 6.07) is 8.47. The third-order valence-electron chi connectivity index (χ3n) is 4.70. The predicted octanol–water partition coefficient (Wildman–Crippen LogP) is 2.25. The molecule has 0 heterocycles. The smallest absolute Gasteiger partial charge is 0.243 e. The molecule has 1 aliphatic carbocycles. The Balaban J connectivity index is 1.94. The van der Waals surface area contributed by atoms with E-state index in [1.165, 1.54) is 29.6 Å². The molecule has 1 saturated carbocycles. The molecular weight excluding hydrogens is 364 g/mol. The number of sulfonamides is 1. The monoisotopic (exact) mass is 390 g/mol. The minimum Gasteiger partial charge on any atom is -0.376 e. The maximum absolute atomic E-state index is 12.4. The highest BCUT2D eigenvalue weighted by Crippen LogP contribution is 2.27. The Kier molecular flexibility index (Phi) is 6.99. The summed E-state index contributed by atoms with van der Waals surface area (Å²) in [6.45, 7) is 3.79. The fraction of sp³-hybridized carbons (Fsp3) is 0.474. The van der Waals surface area contributed by atoms with Gasteiger partial charge in [-0.2, -0.15) is 9.57 Å². The normalized spacial score (nSPS) is 16.3. The number of nitriles is 1. The van der Waals surface area contributed by atoms with Crippen molar-refractivity contribution >= 4 is 21.6 Å². The Labute approximate surface area is 161 Å². The molecule has 7 nitrogen and oxygen atoms in total. The van der Waals surface area contributed by atoms with Gasteiger partial charge in [-0.3, -0.25) is 4.79 Å². The summed E-state index contributed by atoms with van der Waals surface area (Å²) in [4.78, 5) is 12.4. The van der Waals surface area contributed by atoms with Gasteiger partial charge in [0.2, 0.25) is 15.9 Å². The number of carbonyl (C=O) groups excluding carboxylic acids is 1. The maximum atomic E-state index is 12.4. The van der Waals surface area contributed by atoms with E-state index in [-0.39, 0.29) is 23.9 Å². The molecule has 1 aromatic rings. The molecule has 1 fully saturated rings. The number of likely N-dealkylation sites (N-methyl/N-ethyl adjacent to an activating group) is 1. The van der Waals surface area contributed by atoms with E-state index >= 15 is 0 Å². The van der Waals surface area contributed by atoms with Crippen LogP contribution < -0.4 is 10.6 Å².